The van der Waals surface area contributed by atoms with Crippen molar-refractivity contribution in [1.82, 2.24) is 15.5 Å². The van der Waals surface area contributed by atoms with Crippen LogP contribution in [0.4, 0.5) is 0 Å². The molecule has 0 radical (unpaired) electrons. The second-order valence-corrected chi connectivity index (χ2v) is 7.39. The molecule has 0 fully saturated rings. The molecule has 0 atom stereocenters. The van der Waals surface area contributed by atoms with Gasteiger partial charge in [-0.05, 0) is 18.8 Å². The lowest BCUT2D eigenvalue weighted by atomic mass is 10.1. The van der Waals surface area contributed by atoms with Crippen LogP contribution >= 0.6 is 0 Å². The van der Waals surface area contributed by atoms with Crippen LogP contribution in [0.5, 0.6) is 0 Å². The minimum absolute atomic E-state index is 0.0831. The van der Waals surface area contributed by atoms with Crippen LogP contribution in [-0.2, 0) is 21.1 Å². The van der Waals surface area contributed by atoms with Gasteiger partial charge in [-0.2, -0.15) is 0 Å². The zero-order valence-corrected chi connectivity index (χ0v) is 13.6. The highest BCUT2D eigenvalue weighted by Gasteiger charge is 2.15. The molecule has 0 aliphatic rings. The molecule has 1 aromatic rings. The third kappa shape index (κ3) is 7.22. The Morgan fingerprint density at radius 3 is 2.52 bits per heavy atom. The number of carbonyl (C=O) groups is 1. The third-order valence-corrected chi connectivity index (χ3v) is 3.55. The van der Waals surface area contributed by atoms with Crippen molar-refractivity contribution in [3.63, 3.8) is 0 Å². The van der Waals surface area contributed by atoms with Crippen molar-refractivity contribution in [2.24, 2.45) is 5.92 Å². The fraction of sp³-hybridized carbons (Fsp3) is 0.769. The normalized spacial score (nSPS) is 11.8. The van der Waals surface area contributed by atoms with Crippen molar-refractivity contribution in [1.29, 1.82) is 0 Å². The highest BCUT2D eigenvalue weighted by molar-refractivity contribution is 7.90. The number of sulfone groups is 1. The molecule has 1 amide bonds. The summed E-state index contributed by atoms with van der Waals surface area (Å²) in [5.41, 5.74) is 0. The van der Waals surface area contributed by atoms with E-state index < -0.39 is 9.84 Å². The van der Waals surface area contributed by atoms with Crippen molar-refractivity contribution >= 4 is 15.7 Å². The summed E-state index contributed by atoms with van der Waals surface area (Å²) in [5, 5.41) is 9.72. The third-order valence-electron chi connectivity index (χ3n) is 2.75. The molecule has 0 unspecified atom stereocenters. The van der Waals surface area contributed by atoms with Gasteiger partial charge in [0.15, 0.2) is 0 Å². The van der Waals surface area contributed by atoms with Crippen LogP contribution in [0.3, 0.4) is 0 Å². The van der Waals surface area contributed by atoms with E-state index in [9.17, 15) is 13.2 Å². The number of nitrogens with zero attached hydrogens (tertiary/aromatic N) is 2. The summed E-state index contributed by atoms with van der Waals surface area (Å²) in [6.07, 6.45) is 4.71. The standard InChI is InChI=1S/C13H23N3O4S/c1-10(2)9-11(17)14-8-6-4-5-7-12-15-16-13(20-12)21(3,18)19/h10H,4-9H2,1-3H3,(H,14,17). The number of aromatic nitrogens is 2. The largest absolute Gasteiger partial charge is 0.413 e. The van der Waals surface area contributed by atoms with Gasteiger partial charge in [0.1, 0.15) is 0 Å². The van der Waals surface area contributed by atoms with Crippen molar-refractivity contribution in [3.05, 3.63) is 5.89 Å². The van der Waals surface area contributed by atoms with Gasteiger partial charge in [-0.1, -0.05) is 25.4 Å². The Morgan fingerprint density at radius 1 is 1.24 bits per heavy atom. The quantitative estimate of drug-likeness (QED) is 0.690. The van der Waals surface area contributed by atoms with Gasteiger partial charge in [0.2, 0.25) is 21.6 Å². The molecule has 7 nitrogen and oxygen atoms in total. The average Bonchev–Trinajstić information content (AvgIpc) is 2.81. The number of rotatable bonds is 9. The maximum absolute atomic E-state index is 11.4. The first-order valence-electron chi connectivity index (χ1n) is 7.08. The minimum Gasteiger partial charge on any atom is -0.413 e. The van der Waals surface area contributed by atoms with Gasteiger partial charge >= 0.3 is 5.22 Å². The highest BCUT2D eigenvalue weighted by Crippen LogP contribution is 2.09. The fourth-order valence-corrected chi connectivity index (χ4v) is 2.17. The Morgan fingerprint density at radius 2 is 1.95 bits per heavy atom. The topological polar surface area (TPSA) is 102 Å². The summed E-state index contributed by atoms with van der Waals surface area (Å²) in [7, 11) is -3.43. The number of hydrogen-bond acceptors (Lipinski definition) is 6. The summed E-state index contributed by atoms with van der Waals surface area (Å²) in [6.45, 7) is 4.67. The molecule has 0 aliphatic heterocycles. The first kappa shape index (κ1) is 17.6. The van der Waals surface area contributed by atoms with E-state index in [1.165, 1.54) is 0 Å². The molecule has 0 saturated carbocycles. The molecule has 1 aromatic heterocycles. The van der Waals surface area contributed by atoms with Crippen LogP contribution in [0, 0.1) is 5.92 Å². The van der Waals surface area contributed by atoms with Gasteiger partial charge in [-0.3, -0.25) is 4.79 Å². The molecule has 21 heavy (non-hydrogen) atoms. The summed E-state index contributed by atoms with van der Waals surface area (Å²) in [6, 6.07) is 0. The van der Waals surface area contributed by atoms with E-state index in [4.69, 9.17) is 4.42 Å². The van der Waals surface area contributed by atoms with Crippen molar-refractivity contribution in [2.45, 2.75) is 51.2 Å². The second-order valence-electron chi connectivity index (χ2n) is 5.49. The van der Waals surface area contributed by atoms with Gasteiger partial charge in [-0.15, -0.1) is 5.10 Å². The van der Waals surface area contributed by atoms with E-state index >= 15 is 0 Å². The van der Waals surface area contributed by atoms with Crippen LogP contribution in [0.2, 0.25) is 0 Å². The van der Waals surface area contributed by atoms with E-state index in [1.807, 2.05) is 13.8 Å². The minimum atomic E-state index is -3.43. The number of carbonyl (C=O) groups excluding carboxylic acids is 1. The first-order valence-corrected chi connectivity index (χ1v) is 8.97. The number of aryl methyl sites for hydroxylation is 1. The van der Waals surface area contributed by atoms with Crippen molar-refractivity contribution in [3.8, 4) is 0 Å². The van der Waals surface area contributed by atoms with E-state index in [0.717, 1.165) is 25.5 Å². The van der Waals surface area contributed by atoms with Gasteiger partial charge in [0.25, 0.3) is 0 Å². The first-order chi connectivity index (χ1) is 9.79. The highest BCUT2D eigenvalue weighted by atomic mass is 32.2. The predicted molar refractivity (Wildman–Crippen MR) is 77.4 cm³/mol. The maximum Gasteiger partial charge on any atom is 0.335 e. The van der Waals surface area contributed by atoms with Crippen molar-refractivity contribution in [2.75, 3.05) is 12.8 Å². The Labute approximate surface area is 125 Å². The molecule has 0 bridgehead atoms. The molecule has 1 heterocycles. The maximum atomic E-state index is 11.4. The van der Waals surface area contributed by atoms with Gasteiger partial charge in [-0.25, -0.2) is 8.42 Å². The van der Waals surface area contributed by atoms with E-state index in [-0.39, 0.29) is 11.1 Å². The van der Waals surface area contributed by atoms with Crippen LogP contribution in [-0.4, -0.2) is 37.3 Å². The summed E-state index contributed by atoms with van der Waals surface area (Å²) in [5.74, 6) is 0.783. The number of nitrogens with one attached hydrogen (secondary N) is 1. The lowest BCUT2D eigenvalue weighted by Crippen LogP contribution is -2.25. The van der Waals surface area contributed by atoms with Crippen molar-refractivity contribution < 1.29 is 17.6 Å². The lowest BCUT2D eigenvalue weighted by molar-refractivity contribution is -0.121. The molecular formula is C13H23N3O4S. The molecule has 0 saturated heterocycles. The Balaban J connectivity index is 2.15. The zero-order valence-electron chi connectivity index (χ0n) is 12.8. The molecule has 0 spiro atoms. The Hall–Kier alpha value is -1.44. The van der Waals surface area contributed by atoms with E-state index in [0.29, 0.717) is 31.2 Å². The summed E-state index contributed by atoms with van der Waals surface area (Å²) in [4.78, 5) is 11.4. The molecule has 0 aromatic carbocycles. The van der Waals surface area contributed by atoms with Gasteiger partial charge < -0.3 is 9.73 Å². The molecule has 1 rings (SSSR count). The average molecular weight is 317 g/mol. The van der Waals surface area contributed by atoms with E-state index in [1.54, 1.807) is 0 Å². The van der Waals surface area contributed by atoms with Gasteiger partial charge in [0.05, 0.1) is 0 Å². The summed E-state index contributed by atoms with van der Waals surface area (Å²) >= 11 is 0. The molecule has 8 heteroatoms. The van der Waals surface area contributed by atoms with Crippen LogP contribution in [0.15, 0.2) is 9.64 Å². The van der Waals surface area contributed by atoms with Crippen LogP contribution in [0.1, 0.15) is 45.4 Å². The predicted octanol–water partition coefficient (Wildman–Crippen LogP) is 1.35. The number of amides is 1. The van der Waals surface area contributed by atoms with Crippen LogP contribution in [0.25, 0.3) is 0 Å². The molecule has 0 aliphatic carbocycles. The number of hydrogen-bond donors (Lipinski definition) is 1. The molecule has 120 valence electrons. The zero-order chi connectivity index (χ0) is 15.9. The second kappa shape index (κ2) is 8.11. The summed E-state index contributed by atoms with van der Waals surface area (Å²) < 4.78 is 27.4. The SMILES string of the molecule is CC(C)CC(=O)NCCCCCc1nnc(S(C)(=O)=O)o1. The van der Waals surface area contributed by atoms with Gasteiger partial charge in [0, 0.05) is 25.6 Å². The lowest BCUT2D eigenvalue weighted by Gasteiger charge is -2.06. The van der Waals surface area contributed by atoms with Crippen LogP contribution < -0.4 is 5.32 Å². The molecule has 1 N–H and O–H groups in total. The molecular weight excluding hydrogens is 294 g/mol. The fourth-order valence-electron chi connectivity index (χ4n) is 1.74. The smallest absolute Gasteiger partial charge is 0.335 e. The number of unbranched alkanes of at least 4 members (excludes halogenated alkanes) is 2. The Kier molecular flexibility index (Phi) is 6.80. The monoisotopic (exact) mass is 317 g/mol. The Bertz CT molecular complexity index is 552. The van der Waals surface area contributed by atoms with E-state index in [2.05, 4.69) is 15.5 Å².